The molecule has 2 aromatic rings. The van der Waals surface area contributed by atoms with Gasteiger partial charge < -0.3 is 20.4 Å². The molecule has 6 nitrogen and oxygen atoms in total. The minimum atomic E-state index is -0.364. The number of pyridine rings is 1. The lowest BCUT2D eigenvalue weighted by Crippen LogP contribution is -2.27. The highest BCUT2D eigenvalue weighted by Crippen LogP contribution is 2.16. The van der Waals surface area contributed by atoms with Gasteiger partial charge in [0.25, 0.3) is 0 Å². The Bertz CT molecular complexity index is 774. The third kappa shape index (κ3) is 3.90. The van der Waals surface area contributed by atoms with Gasteiger partial charge in [0.1, 0.15) is 23.7 Å². The molecule has 2 rings (SSSR count). The van der Waals surface area contributed by atoms with Crippen molar-refractivity contribution >= 4 is 11.5 Å². The third-order valence-electron chi connectivity index (χ3n) is 3.57. The van der Waals surface area contributed by atoms with Crippen molar-refractivity contribution in [2.75, 3.05) is 18.2 Å². The van der Waals surface area contributed by atoms with E-state index in [4.69, 9.17) is 10.5 Å². The van der Waals surface area contributed by atoms with Crippen molar-refractivity contribution in [2.45, 2.75) is 19.7 Å². The first kappa shape index (κ1) is 16.6. The molecular weight excluding hydrogens is 290 g/mol. The summed E-state index contributed by atoms with van der Waals surface area (Å²) in [5, 5.41) is 12.8. The second-order valence-corrected chi connectivity index (χ2v) is 5.16. The van der Waals surface area contributed by atoms with Crippen molar-refractivity contribution in [3.63, 3.8) is 0 Å². The van der Waals surface area contributed by atoms with Crippen LogP contribution in [-0.2, 0) is 18.3 Å². The Morgan fingerprint density at radius 1 is 1.39 bits per heavy atom. The fourth-order valence-corrected chi connectivity index (χ4v) is 2.15. The number of anilines is 2. The van der Waals surface area contributed by atoms with Crippen molar-refractivity contribution < 1.29 is 4.74 Å². The molecule has 0 fully saturated rings. The van der Waals surface area contributed by atoms with E-state index in [-0.39, 0.29) is 6.23 Å². The van der Waals surface area contributed by atoms with Gasteiger partial charge in [0.2, 0.25) is 0 Å². The molecule has 0 amide bonds. The molecule has 0 spiro atoms. The van der Waals surface area contributed by atoms with E-state index < -0.39 is 0 Å². The highest BCUT2D eigenvalue weighted by Gasteiger charge is 2.11. The average Bonchev–Trinajstić information content (AvgIpc) is 2.58. The fraction of sp³-hybridized carbons (Fsp3) is 0.294. The van der Waals surface area contributed by atoms with Crippen LogP contribution in [-0.4, -0.2) is 17.9 Å². The van der Waals surface area contributed by atoms with Crippen molar-refractivity contribution in [3.05, 3.63) is 53.0 Å². The van der Waals surface area contributed by atoms with Gasteiger partial charge in [-0.05, 0) is 12.5 Å². The summed E-state index contributed by atoms with van der Waals surface area (Å²) in [4.78, 5) is 4.42. The Balaban J connectivity index is 2.44. The number of ether oxygens (including phenoxy) is 1. The molecule has 0 aliphatic heterocycles. The summed E-state index contributed by atoms with van der Waals surface area (Å²) in [6.07, 6.45) is -0.364. The van der Waals surface area contributed by atoms with Crippen LogP contribution >= 0.6 is 0 Å². The van der Waals surface area contributed by atoms with Crippen molar-refractivity contribution in [1.82, 2.24) is 4.57 Å². The van der Waals surface area contributed by atoms with Crippen LogP contribution in [0.2, 0.25) is 0 Å². The molecule has 1 aromatic heterocycles. The van der Waals surface area contributed by atoms with Gasteiger partial charge in [-0.1, -0.05) is 30.3 Å². The molecular formula is C17H21N5O. The van der Waals surface area contributed by atoms with Crippen LogP contribution in [0.1, 0.15) is 18.1 Å². The van der Waals surface area contributed by atoms with Crippen LogP contribution in [0.4, 0.5) is 11.5 Å². The SMILES string of the molecule is COC(C)/N=c1\c(C#N)c(NCc2ccccc2)cc(N)n1C. The molecule has 1 heterocycles. The summed E-state index contributed by atoms with van der Waals surface area (Å²) in [7, 11) is 3.35. The fourth-order valence-electron chi connectivity index (χ4n) is 2.15. The van der Waals surface area contributed by atoms with Gasteiger partial charge in [-0.2, -0.15) is 5.26 Å². The number of nitrogens with zero attached hydrogens (tertiary/aromatic N) is 3. The molecule has 0 saturated heterocycles. The summed E-state index contributed by atoms with van der Waals surface area (Å²) < 4.78 is 6.85. The zero-order chi connectivity index (χ0) is 16.8. The minimum Gasteiger partial charge on any atom is -0.385 e. The summed E-state index contributed by atoms with van der Waals surface area (Å²) in [5.74, 6) is 0.515. The number of nitriles is 1. The molecule has 0 aliphatic rings. The molecule has 0 saturated carbocycles. The van der Waals surface area contributed by atoms with E-state index in [0.717, 1.165) is 5.56 Å². The molecule has 6 heteroatoms. The molecule has 23 heavy (non-hydrogen) atoms. The molecule has 0 aliphatic carbocycles. The zero-order valence-electron chi connectivity index (χ0n) is 13.6. The van der Waals surface area contributed by atoms with E-state index in [0.29, 0.717) is 29.1 Å². The molecule has 120 valence electrons. The van der Waals surface area contributed by atoms with E-state index in [2.05, 4.69) is 16.4 Å². The second kappa shape index (κ2) is 7.47. The lowest BCUT2D eigenvalue weighted by Gasteiger charge is -2.14. The van der Waals surface area contributed by atoms with E-state index in [1.165, 1.54) is 0 Å². The third-order valence-corrected chi connectivity index (χ3v) is 3.57. The van der Waals surface area contributed by atoms with Crippen LogP contribution in [0.5, 0.6) is 0 Å². The Labute approximate surface area is 135 Å². The van der Waals surface area contributed by atoms with Crippen LogP contribution in [0.3, 0.4) is 0 Å². The number of rotatable bonds is 5. The first-order valence-electron chi connectivity index (χ1n) is 7.30. The number of hydrogen-bond acceptors (Lipinski definition) is 5. The second-order valence-electron chi connectivity index (χ2n) is 5.16. The Hall–Kier alpha value is -2.78. The summed E-state index contributed by atoms with van der Waals surface area (Å²) in [6.45, 7) is 2.41. The van der Waals surface area contributed by atoms with Gasteiger partial charge in [0, 0.05) is 26.8 Å². The van der Waals surface area contributed by atoms with Crippen LogP contribution < -0.4 is 16.5 Å². The van der Waals surface area contributed by atoms with E-state index >= 15 is 0 Å². The van der Waals surface area contributed by atoms with Gasteiger partial charge in [0.15, 0.2) is 5.49 Å². The lowest BCUT2D eigenvalue weighted by molar-refractivity contribution is 0.122. The minimum absolute atomic E-state index is 0.364. The van der Waals surface area contributed by atoms with Gasteiger partial charge in [-0.25, -0.2) is 4.99 Å². The predicted octanol–water partition coefficient (Wildman–Crippen LogP) is 1.98. The summed E-state index contributed by atoms with van der Waals surface area (Å²) in [6, 6.07) is 13.9. The Kier molecular flexibility index (Phi) is 5.39. The molecule has 1 atom stereocenters. The van der Waals surface area contributed by atoms with E-state index in [9.17, 15) is 5.26 Å². The maximum Gasteiger partial charge on any atom is 0.151 e. The molecule has 0 bridgehead atoms. The molecule has 1 aromatic carbocycles. The van der Waals surface area contributed by atoms with Gasteiger partial charge in [0.05, 0.1) is 5.69 Å². The maximum atomic E-state index is 9.55. The lowest BCUT2D eigenvalue weighted by atomic mass is 10.2. The summed E-state index contributed by atoms with van der Waals surface area (Å²) >= 11 is 0. The van der Waals surface area contributed by atoms with Crippen molar-refractivity contribution in [3.8, 4) is 6.07 Å². The number of nitrogen functional groups attached to an aromatic ring is 1. The Morgan fingerprint density at radius 2 is 2.09 bits per heavy atom. The standard InChI is InChI=1S/C17H21N5O/c1-12(23-3)21-17-14(10-18)15(9-16(19)22(17)2)20-11-13-7-5-4-6-8-13/h4-9,12,20H,11,19H2,1-3H3/b21-17+. The van der Waals surface area contributed by atoms with Crippen LogP contribution in [0, 0.1) is 11.3 Å². The average molecular weight is 311 g/mol. The molecule has 3 N–H and O–H groups in total. The van der Waals surface area contributed by atoms with E-state index in [1.807, 2.05) is 30.3 Å². The number of methoxy groups -OCH3 is 1. The number of aromatic nitrogens is 1. The van der Waals surface area contributed by atoms with Gasteiger partial charge >= 0.3 is 0 Å². The first-order valence-corrected chi connectivity index (χ1v) is 7.30. The smallest absolute Gasteiger partial charge is 0.151 e. The first-order chi connectivity index (χ1) is 11.1. The zero-order valence-corrected chi connectivity index (χ0v) is 13.6. The van der Waals surface area contributed by atoms with Gasteiger partial charge in [-0.15, -0.1) is 0 Å². The van der Waals surface area contributed by atoms with Crippen molar-refractivity contribution in [2.24, 2.45) is 12.0 Å². The van der Waals surface area contributed by atoms with Crippen molar-refractivity contribution in [1.29, 1.82) is 5.26 Å². The highest BCUT2D eigenvalue weighted by atomic mass is 16.5. The van der Waals surface area contributed by atoms with Gasteiger partial charge in [-0.3, -0.25) is 0 Å². The normalized spacial score (nSPS) is 12.7. The predicted molar refractivity (Wildman–Crippen MR) is 90.3 cm³/mol. The largest absolute Gasteiger partial charge is 0.385 e. The molecule has 0 radical (unpaired) electrons. The summed E-state index contributed by atoms with van der Waals surface area (Å²) in [5.41, 5.74) is 8.77. The topological polar surface area (TPSA) is 88.4 Å². The van der Waals surface area contributed by atoms with Crippen LogP contribution in [0.25, 0.3) is 0 Å². The number of benzene rings is 1. The molecule has 1 unspecified atom stereocenters. The number of hydrogen-bond donors (Lipinski definition) is 2. The van der Waals surface area contributed by atoms with E-state index in [1.54, 1.807) is 31.7 Å². The number of nitrogens with two attached hydrogens (primary N) is 1. The maximum absolute atomic E-state index is 9.55. The monoisotopic (exact) mass is 311 g/mol. The highest BCUT2D eigenvalue weighted by molar-refractivity contribution is 5.61. The number of nitrogens with one attached hydrogen (secondary N) is 1. The quantitative estimate of drug-likeness (QED) is 0.883. The van der Waals surface area contributed by atoms with Crippen LogP contribution in [0.15, 0.2) is 41.4 Å². The Morgan fingerprint density at radius 3 is 2.70 bits per heavy atom.